The van der Waals surface area contributed by atoms with Crippen molar-refractivity contribution in [3.05, 3.63) is 0 Å². The van der Waals surface area contributed by atoms with Gasteiger partial charge < -0.3 is 5.32 Å². The van der Waals surface area contributed by atoms with E-state index in [0.717, 1.165) is 5.92 Å². The third-order valence-corrected chi connectivity index (χ3v) is 3.83. The van der Waals surface area contributed by atoms with Gasteiger partial charge in [-0.2, -0.15) is 0 Å². The minimum atomic E-state index is 0.413. The van der Waals surface area contributed by atoms with Crippen LogP contribution in [0, 0.1) is 11.3 Å². The Kier molecular flexibility index (Phi) is 1.39. The van der Waals surface area contributed by atoms with Gasteiger partial charge in [0, 0.05) is 12.1 Å². The normalized spacial score (nSPS) is 47.7. The maximum absolute atomic E-state index is 3.66. The van der Waals surface area contributed by atoms with Crippen LogP contribution in [0.3, 0.4) is 0 Å². The van der Waals surface area contributed by atoms with Crippen LogP contribution in [-0.2, 0) is 0 Å². The molecule has 1 aliphatic heterocycles. The van der Waals surface area contributed by atoms with Crippen LogP contribution < -0.4 is 5.32 Å². The summed E-state index contributed by atoms with van der Waals surface area (Å²) < 4.78 is 0. The van der Waals surface area contributed by atoms with Gasteiger partial charge in [-0.25, -0.2) is 0 Å². The summed E-state index contributed by atoms with van der Waals surface area (Å²) >= 11 is 0. The van der Waals surface area contributed by atoms with Gasteiger partial charge in [0.25, 0.3) is 0 Å². The summed E-state index contributed by atoms with van der Waals surface area (Å²) in [5.74, 6) is 0.932. The van der Waals surface area contributed by atoms with Crippen molar-refractivity contribution in [3.8, 4) is 0 Å². The summed E-state index contributed by atoms with van der Waals surface area (Å²) in [6.07, 6.45) is 4.33. The summed E-state index contributed by atoms with van der Waals surface area (Å²) in [7, 11) is 0. The van der Waals surface area contributed by atoms with Gasteiger partial charge in [0.05, 0.1) is 0 Å². The van der Waals surface area contributed by atoms with Crippen LogP contribution in [0.1, 0.15) is 40.0 Å². The molecule has 2 aliphatic rings. The van der Waals surface area contributed by atoms with Crippen LogP contribution in [0.5, 0.6) is 0 Å². The fraction of sp³-hybridized carbons (Fsp3) is 1.00. The van der Waals surface area contributed by atoms with Crippen molar-refractivity contribution in [2.45, 2.75) is 45.6 Å². The van der Waals surface area contributed by atoms with E-state index >= 15 is 0 Å². The smallest absolute Gasteiger partial charge is 0.0153 e. The van der Waals surface area contributed by atoms with Crippen LogP contribution in [0.25, 0.3) is 0 Å². The highest BCUT2D eigenvalue weighted by atomic mass is 15.0. The molecule has 0 spiro atoms. The minimum absolute atomic E-state index is 0.413. The van der Waals surface area contributed by atoms with Gasteiger partial charge in [0.1, 0.15) is 0 Å². The summed E-state index contributed by atoms with van der Waals surface area (Å²) in [6, 6.07) is 0. The van der Waals surface area contributed by atoms with Crippen LogP contribution in [-0.4, -0.2) is 12.1 Å². The first kappa shape index (κ1) is 7.60. The van der Waals surface area contributed by atoms with Crippen LogP contribution in [0.15, 0.2) is 0 Å². The molecule has 1 heteroatoms. The quantitative estimate of drug-likeness (QED) is 0.562. The highest BCUT2D eigenvalue weighted by Gasteiger charge is 2.46. The Morgan fingerprint density at radius 2 is 2.00 bits per heavy atom. The standard InChI is InChI=1S/C10H19N/c1-9(2)8-4-5-10(3,6-8)7-11-9/h8,11H,4-7H2,1-3H3/t8-,10-/m1/s1. The average molecular weight is 153 g/mol. The Labute approximate surface area is 69.6 Å². The molecule has 11 heavy (non-hydrogen) atoms. The zero-order chi connectivity index (χ0) is 8.11. The first-order valence-corrected chi connectivity index (χ1v) is 4.77. The monoisotopic (exact) mass is 153 g/mol. The van der Waals surface area contributed by atoms with Crippen molar-refractivity contribution in [1.29, 1.82) is 0 Å². The van der Waals surface area contributed by atoms with E-state index in [2.05, 4.69) is 26.1 Å². The van der Waals surface area contributed by atoms with Crippen molar-refractivity contribution >= 4 is 0 Å². The van der Waals surface area contributed by atoms with Gasteiger partial charge in [-0.05, 0) is 44.4 Å². The Bertz CT molecular complexity index is 174. The maximum Gasteiger partial charge on any atom is 0.0153 e. The predicted molar refractivity (Wildman–Crippen MR) is 47.5 cm³/mol. The van der Waals surface area contributed by atoms with Crippen molar-refractivity contribution in [2.75, 3.05) is 6.54 Å². The molecule has 0 aromatic carbocycles. The van der Waals surface area contributed by atoms with Crippen molar-refractivity contribution in [2.24, 2.45) is 11.3 Å². The van der Waals surface area contributed by atoms with Gasteiger partial charge >= 0.3 is 0 Å². The lowest BCUT2D eigenvalue weighted by molar-refractivity contribution is 0.153. The van der Waals surface area contributed by atoms with Gasteiger partial charge in [-0.15, -0.1) is 0 Å². The van der Waals surface area contributed by atoms with E-state index in [1.807, 2.05) is 0 Å². The fourth-order valence-electron chi connectivity index (χ4n) is 2.68. The number of hydrogen-bond acceptors (Lipinski definition) is 1. The van der Waals surface area contributed by atoms with Gasteiger partial charge in [-0.1, -0.05) is 6.92 Å². The van der Waals surface area contributed by atoms with E-state index < -0.39 is 0 Å². The first-order valence-electron chi connectivity index (χ1n) is 4.77. The zero-order valence-electron chi connectivity index (χ0n) is 7.91. The molecule has 1 heterocycles. The third kappa shape index (κ3) is 1.10. The lowest BCUT2D eigenvalue weighted by atomic mass is 9.77. The molecule has 0 unspecified atom stereocenters. The molecule has 1 saturated carbocycles. The van der Waals surface area contributed by atoms with E-state index in [1.54, 1.807) is 0 Å². The van der Waals surface area contributed by atoms with Crippen molar-refractivity contribution < 1.29 is 0 Å². The molecule has 0 aromatic rings. The molecular formula is C10H19N. The third-order valence-electron chi connectivity index (χ3n) is 3.83. The molecule has 1 N–H and O–H groups in total. The van der Waals surface area contributed by atoms with E-state index in [-0.39, 0.29) is 0 Å². The van der Waals surface area contributed by atoms with Crippen LogP contribution >= 0.6 is 0 Å². The Morgan fingerprint density at radius 3 is 2.64 bits per heavy atom. The molecular weight excluding hydrogens is 134 g/mol. The summed E-state index contributed by atoms with van der Waals surface area (Å²) in [6.45, 7) is 8.36. The summed E-state index contributed by atoms with van der Waals surface area (Å²) in [4.78, 5) is 0. The SMILES string of the molecule is CC1(C)NC[C@]2(C)CC[C@@H]1C2. The fourth-order valence-corrected chi connectivity index (χ4v) is 2.68. The van der Waals surface area contributed by atoms with Crippen LogP contribution in [0.2, 0.25) is 0 Å². The summed E-state index contributed by atoms with van der Waals surface area (Å²) in [5, 5.41) is 3.66. The Morgan fingerprint density at radius 1 is 1.27 bits per heavy atom. The predicted octanol–water partition coefficient (Wildman–Crippen LogP) is 2.17. The highest BCUT2D eigenvalue weighted by molar-refractivity contribution is 5.02. The number of hydrogen-bond donors (Lipinski definition) is 1. The molecule has 2 bridgehead atoms. The molecule has 0 radical (unpaired) electrons. The number of piperidine rings is 1. The molecule has 2 fully saturated rings. The molecule has 1 aliphatic carbocycles. The van der Waals surface area contributed by atoms with Crippen molar-refractivity contribution in [1.82, 2.24) is 5.32 Å². The zero-order valence-corrected chi connectivity index (χ0v) is 7.91. The van der Waals surface area contributed by atoms with E-state index in [9.17, 15) is 0 Å². The first-order chi connectivity index (χ1) is 5.02. The topological polar surface area (TPSA) is 12.0 Å². The molecule has 1 nitrogen and oxygen atoms in total. The second-order valence-corrected chi connectivity index (χ2v) is 5.33. The molecule has 0 aromatic heterocycles. The summed E-state index contributed by atoms with van der Waals surface area (Å²) in [5.41, 5.74) is 1.05. The number of fused-ring (bicyclic) bond motifs is 2. The molecule has 1 saturated heterocycles. The lowest BCUT2D eigenvalue weighted by Crippen LogP contribution is -2.52. The van der Waals surface area contributed by atoms with E-state index in [1.165, 1.54) is 25.8 Å². The lowest BCUT2D eigenvalue weighted by Gasteiger charge is -2.41. The van der Waals surface area contributed by atoms with Gasteiger partial charge in [-0.3, -0.25) is 0 Å². The highest BCUT2D eigenvalue weighted by Crippen LogP contribution is 2.48. The molecule has 2 rings (SSSR count). The average Bonchev–Trinajstić information content (AvgIpc) is 2.25. The number of nitrogens with one attached hydrogen (secondary N) is 1. The molecule has 0 amide bonds. The van der Waals surface area contributed by atoms with Crippen molar-refractivity contribution in [3.63, 3.8) is 0 Å². The van der Waals surface area contributed by atoms with E-state index in [0.29, 0.717) is 11.0 Å². The largest absolute Gasteiger partial charge is 0.311 e. The maximum atomic E-state index is 3.66. The second-order valence-electron chi connectivity index (χ2n) is 5.33. The van der Waals surface area contributed by atoms with E-state index in [4.69, 9.17) is 0 Å². The second kappa shape index (κ2) is 2.01. The van der Waals surface area contributed by atoms with Gasteiger partial charge in [0.15, 0.2) is 0 Å². The van der Waals surface area contributed by atoms with Gasteiger partial charge in [0.2, 0.25) is 0 Å². The number of rotatable bonds is 0. The van der Waals surface area contributed by atoms with Crippen LogP contribution in [0.4, 0.5) is 0 Å². The molecule has 64 valence electrons. The Hall–Kier alpha value is -0.0400. The Balaban J connectivity index is 2.19. The molecule has 2 atom stereocenters. The minimum Gasteiger partial charge on any atom is -0.311 e.